The molecule has 0 aliphatic carbocycles. The molecule has 2 aromatic heterocycles. The molecule has 2 heterocycles. The van der Waals surface area contributed by atoms with Gasteiger partial charge in [0.2, 0.25) is 5.89 Å². The standard InChI is InChI=1S/C23H21ClN4O2/c1-14-12-15(2)28(27-14)13-21-16(3)30-23(26-21)18-6-10-20(11-7-18)25-22(29)17-4-8-19(24)9-5-17/h4-12H,13H2,1-3H3,(H,25,29). The van der Waals surface area contributed by atoms with E-state index in [1.165, 1.54) is 0 Å². The first kappa shape index (κ1) is 19.9. The Balaban J connectivity index is 1.48. The summed E-state index contributed by atoms with van der Waals surface area (Å²) >= 11 is 5.87. The van der Waals surface area contributed by atoms with Gasteiger partial charge in [0.25, 0.3) is 5.91 Å². The van der Waals surface area contributed by atoms with E-state index in [0.717, 1.165) is 28.4 Å². The number of halogens is 1. The Morgan fingerprint density at radius 3 is 2.40 bits per heavy atom. The van der Waals surface area contributed by atoms with Crippen LogP contribution in [0.15, 0.2) is 59.0 Å². The van der Waals surface area contributed by atoms with Crippen LogP contribution in [0.25, 0.3) is 11.5 Å². The van der Waals surface area contributed by atoms with Gasteiger partial charge in [-0.3, -0.25) is 9.48 Å². The zero-order valence-corrected chi connectivity index (χ0v) is 17.7. The van der Waals surface area contributed by atoms with Crippen molar-refractivity contribution >= 4 is 23.2 Å². The first-order chi connectivity index (χ1) is 14.4. The van der Waals surface area contributed by atoms with Gasteiger partial charge in [0.15, 0.2) is 0 Å². The van der Waals surface area contributed by atoms with Crippen LogP contribution >= 0.6 is 11.6 Å². The summed E-state index contributed by atoms with van der Waals surface area (Å²) in [6.45, 7) is 6.45. The SMILES string of the molecule is Cc1cc(C)n(Cc2nc(-c3ccc(NC(=O)c4ccc(Cl)cc4)cc3)oc2C)n1. The van der Waals surface area contributed by atoms with Gasteiger partial charge < -0.3 is 9.73 Å². The van der Waals surface area contributed by atoms with Gasteiger partial charge in [-0.2, -0.15) is 5.10 Å². The molecule has 6 nitrogen and oxygen atoms in total. The third-order valence-electron chi connectivity index (χ3n) is 4.79. The van der Waals surface area contributed by atoms with E-state index >= 15 is 0 Å². The van der Waals surface area contributed by atoms with Crippen LogP contribution in [0.1, 0.15) is 33.2 Å². The minimum absolute atomic E-state index is 0.196. The molecule has 0 radical (unpaired) electrons. The number of nitrogens with one attached hydrogen (secondary N) is 1. The van der Waals surface area contributed by atoms with Crippen LogP contribution in [0.2, 0.25) is 5.02 Å². The third kappa shape index (κ3) is 4.28. The van der Waals surface area contributed by atoms with E-state index in [4.69, 9.17) is 16.0 Å². The predicted molar refractivity (Wildman–Crippen MR) is 117 cm³/mol. The number of carbonyl (C=O) groups is 1. The number of oxazole rings is 1. The van der Waals surface area contributed by atoms with Crippen LogP contribution in [0.4, 0.5) is 5.69 Å². The molecular formula is C23H21ClN4O2. The van der Waals surface area contributed by atoms with Crippen molar-refractivity contribution in [1.29, 1.82) is 0 Å². The first-order valence-electron chi connectivity index (χ1n) is 9.54. The monoisotopic (exact) mass is 420 g/mol. The van der Waals surface area contributed by atoms with Crippen molar-refractivity contribution in [3.8, 4) is 11.5 Å². The molecule has 30 heavy (non-hydrogen) atoms. The van der Waals surface area contributed by atoms with E-state index in [1.807, 2.05) is 55.8 Å². The van der Waals surface area contributed by atoms with Crippen LogP contribution in [-0.2, 0) is 6.54 Å². The number of amides is 1. The molecular weight excluding hydrogens is 400 g/mol. The number of hydrogen-bond acceptors (Lipinski definition) is 4. The van der Waals surface area contributed by atoms with E-state index in [9.17, 15) is 4.79 Å². The fourth-order valence-corrected chi connectivity index (χ4v) is 3.30. The maximum Gasteiger partial charge on any atom is 0.255 e. The summed E-state index contributed by atoms with van der Waals surface area (Å²) in [6, 6.07) is 16.2. The van der Waals surface area contributed by atoms with Crippen LogP contribution in [0, 0.1) is 20.8 Å². The van der Waals surface area contributed by atoms with Gasteiger partial charge in [-0.15, -0.1) is 0 Å². The summed E-state index contributed by atoms with van der Waals surface area (Å²) < 4.78 is 7.79. The van der Waals surface area contributed by atoms with Crippen molar-refractivity contribution in [3.05, 3.63) is 88.0 Å². The molecule has 152 valence electrons. The quantitative estimate of drug-likeness (QED) is 0.468. The van der Waals surface area contributed by atoms with E-state index in [1.54, 1.807) is 24.3 Å². The van der Waals surface area contributed by atoms with Gasteiger partial charge in [0, 0.05) is 27.5 Å². The van der Waals surface area contributed by atoms with Gasteiger partial charge in [-0.1, -0.05) is 11.6 Å². The fraction of sp³-hybridized carbons (Fsp3) is 0.174. The highest BCUT2D eigenvalue weighted by Crippen LogP contribution is 2.24. The highest BCUT2D eigenvalue weighted by atomic mass is 35.5. The van der Waals surface area contributed by atoms with Gasteiger partial charge in [0.05, 0.1) is 12.2 Å². The second-order valence-electron chi connectivity index (χ2n) is 7.15. The van der Waals surface area contributed by atoms with Crippen molar-refractivity contribution < 1.29 is 9.21 Å². The van der Waals surface area contributed by atoms with Gasteiger partial charge >= 0.3 is 0 Å². The van der Waals surface area contributed by atoms with E-state index in [-0.39, 0.29) is 5.91 Å². The predicted octanol–water partition coefficient (Wildman–Crippen LogP) is 5.42. The Labute approximate surface area is 179 Å². The maximum absolute atomic E-state index is 12.3. The lowest BCUT2D eigenvalue weighted by atomic mass is 10.2. The molecule has 0 unspecified atom stereocenters. The molecule has 0 saturated heterocycles. The minimum atomic E-state index is -0.196. The van der Waals surface area contributed by atoms with Crippen molar-refractivity contribution in [3.63, 3.8) is 0 Å². The number of carbonyl (C=O) groups excluding carboxylic acids is 1. The number of aryl methyl sites for hydroxylation is 3. The second kappa shape index (κ2) is 8.16. The Bertz CT molecular complexity index is 1190. The fourth-order valence-electron chi connectivity index (χ4n) is 3.18. The number of nitrogens with zero attached hydrogens (tertiary/aromatic N) is 3. The molecule has 0 spiro atoms. The lowest BCUT2D eigenvalue weighted by Gasteiger charge is -2.06. The van der Waals surface area contributed by atoms with Crippen molar-refractivity contribution in [2.45, 2.75) is 27.3 Å². The molecule has 0 saturated carbocycles. The summed E-state index contributed by atoms with van der Waals surface area (Å²) in [7, 11) is 0. The van der Waals surface area contributed by atoms with Crippen molar-refractivity contribution in [2.24, 2.45) is 0 Å². The third-order valence-corrected chi connectivity index (χ3v) is 5.04. The Morgan fingerprint density at radius 2 is 1.77 bits per heavy atom. The highest BCUT2D eigenvalue weighted by Gasteiger charge is 2.14. The largest absolute Gasteiger partial charge is 0.441 e. The molecule has 0 bridgehead atoms. The molecule has 4 rings (SSSR count). The molecule has 0 fully saturated rings. The van der Waals surface area contributed by atoms with Crippen LogP contribution in [0.5, 0.6) is 0 Å². The summed E-state index contributed by atoms with van der Waals surface area (Å²) in [5.74, 6) is 1.11. The van der Waals surface area contributed by atoms with E-state index < -0.39 is 0 Å². The van der Waals surface area contributed by atoms with Gasteiger partial charge in [-0.25, -0.2) is 4.98 Å². The first-order valence-corrected chi connectivity index (χ1v) is 9.91. The molecule has 4 aromatic rings. The molecule has 0 aliphatic rings. The lowest BCUT2D eigenvalue weighted by molar-refractivity contribution is 0.102. The zero-order valence-electron chi connectivity index (χ0n) is 16.9. The topological polar surface area (TPSA) is 73.0 Å². The summed E-state index contributed by atoms with van der Waals surface area (Å²) in [6.07, 6.45) is 0. The second-order valence-corrected chi connectivity index (χ2v) is 7.58. The smallest absolute Gasteiger partial charge is 0.255 e. The van der Waals surface area contributed by atoms with E-state index in [2.05, 4.69) is 15.4 Å². The van der Waals surface area contributed by atoms with Crippen molar-refractivity contribution in [1.82, 2.24) is 14.8 Å². The lowest BCUT2D eigenvalue weighted by Crippen LogP contribution is -2.11. The molecule has 1 N–H and O–H groups in total. The highest BCUT2D eigenvalue weighted by molar-refractivity contribution is 6.30. The number of hydrogen-bond donors (Lipinski definition) is 1. The Hall–Kier alpha value is -3.38. The summed E-state index contributed by atoms with van der Waals surface area (Å²) in [4.78, 5) is 17.0. The van der Waals surface area contributed by atoms with Crippen molar-refractivity contribution in [2.75, 3.05) is 5.32 Å². The summed E-state index contributed by atoms with van der Waals surface area (Å²) in [5.41, 5.74) is 4.96. The number of anilines is 1. The average molecular weight is 421 g/mol. The molecule has 1 amide bonds. The average Bonchev–Trinajstić information content (AvgIpc) is 3.24. The number of rotatable bonds is 5. The number of benzene rings is 2. The zero-order chi connectivity index (χ0) is 21.3. The summed E-state index contributed by atoms with van der Waals surface area (Å²) in [5, 5.41) is 7.95. The molecule has 0 atom stereocenters. The normalized spacial score (nSPS) is 10.9. The molecule has 2 aromatic carbocycles. The van der Waals surface area contributed by atoms with Crippen LogP contribution in [-0.4, -0.2) is 20.7 Å². The van der Waals surface area contributed by atoms with E-state index in [0.29, 0.717) is 28.7 Å². The van der Waals surface area contributed by atoms with Crippen LogP contribution in [0.3, 0.4) is 0 Å². The van der Waals surface area contributed by atoms with Gasteiger partial charge in [-0.05, 0) is 75.4 Å². The van der Waals surface area contributed by atoms with Gasteiger partial charge in [0.1, 0.15) is 11.5 Å². The Morgan fingerprint density at radius 1 is 1.07 bits per heavy atom. The van der Waals surface area contributed by atoms with Crippen LogP contribution < -0.4 is 5.32 Å². The molecule has 7 heteroatoms. The minimum Gasteiger partial charge on any atom is -0.441 e. The Kier molecular flexibility index (Phi) is 5.42. The molecule has 0 aliphatic heterocycles. The number of aromatic nitrogens is 3. The maximum atomic E-state index is 12.3.